The summed E-state index contributed by atoms with van der Waals surface area (Å²) in [6, 6.07) is 29.2. The van der Waals surface area contributed by atoms with E-state index in [4.69, 9.17) is 23.7 Å². The van der Waals surface area contributed by atoms with Crippen LogP contribution in [0.1, 0.15) is 55.7 Å². The van der Waals surface area contributed by atoms with Crippen molar-refractivity contribution in [3.05, 3.63) is 107 Å². The van der Waals surface area contributed by atoms with Crippen LogP contribution in [0, 0.1) is 0 Å². The van der Waals surface area contributed by atoms with Crippen LogP contribution in [0.15, 0.2) is 90.5 Å². The summed E-state index contributed by atoms with van der Waals surface area (Å²) in [5.74, 6) is 2.28. The molecule has 9 heteroatoms. The molecule has 0 unspecified atom stereocenters. The fourth-order valence-electron chi connectivity index (χ4n) is 7.09. The van der Waals surface area contributed by atoms with Crippen molar-refractivity contribution >= 4 is 23.4 Å². The van der Waals surface area contributed by atoms with Crippen molar-refractivity contribution in [2.24, 2.45) is 0 Å². The number of benzene rings is 4. The van der Waals surface area contributed by atoms with Gasteiger partial charge in [0.25, 0.3) is 5.91 Å². The summed E-state index contributed by atoms with van der Waals surface area (Å²) in [5, 5.41) is 3.18. The molecule has 0 radical (unpaired) electrons. The van der Waals surface area contributed by atoms with Crippen LogP contribution in [-0.4, -0.2) is 77.7 Å². The molecule has 1 saturated heterocycles. The first-order chi connectivity index (χ1) is 26.4. The Kier molecular flexibility index (Phi) is 14.0. The number of nitrogens with one attached hydrogen (secondary N) is 1. The zero-order chi connectivity index (χ0) is 37.7. The van der Waals surface area contributed by atoms with Gasteiger partial charge < -0.3 is 33.9 Å². The summed E-state index contributed by atoms with van der Waals surface area (Å²) in [6.07, 6.45) is 6.92. The second-order valence-corrected chi connectivity index (χ2v) is 14.0. The van der Waals surface area contributed by atoms with Crippen LogP contribution in [0.25, 0.3) is 17.2 Å². The largest absolute Gasteiger partial charge is 0.497 e. The number of amides is 1. The van der Waals surface area contributed by atoms with Crippen molar-refractivity contribution in [3.8, 4) is 28.4 Å². The highest BCUT2D eigenvalue weighted by molar-refractivity contribution is 6.07. The van der Waals surface area contributed by atoms with E-state index < -0.39 is 0 Å². The average molecular weight is 734 g/mol. The molecule has 1 fully saturated rings. The molecule has 2 heterocycles. The van der Waals surface area contributed by atoms with Crippen molar-refractivity contribution < 1.29 is 28.5 Å². The van der Waals surface area contributed by atoms with Crippen LogP contribution < -0.4 is 24.4 Å². The molecule has 6 rings (SSSR count). The van der Waals surface area contributed by atoms with Gasteiger partial charge in [-0.1, -0.05) is 43.7 Å². The zero-order valence-electron chi connectivity index (χ0n) is 32.3. The molecule has 0 spiro atoms. The summed E-state index contributed by atoms with van der Waals surface area (Å²) >= 11 is 0. The Bertz CT molecular complexity index is 1840. The van der Waals surface area contributed by atoms with E-state index in [1.54, 1.807) is 14.2 Å². The van der Waals surface area contributed by atoms with Crippen LogP contribution in [0.4, 0.5) is 11.4 Å². The normalized spacial score (nSPS) is 14.6. The molecule has 0 aliphatic carbocycles. The van der Waals surface area contributed by atoms with Gasteiger partial charge in [0.05, 0.1) is 20.8 Å². The molecule has 0 saturated carbocycles. The van der Waals surface area contributed by atoms with E-state index in [1.807, 2.05) is 48.5 Å². The van der Waals surface area contributed by atoms with Gasteiger partial charge in [-0.25, -0.2) is 0 Å². The molecule has 1 amide bonds. The van der Waals surface area contributed by atoms with Gasteiger partial charge in [0.1, 0.15) is 23.9 Å². The van der Waals surface area contributed by atoms with E-state index in [0.29, 0.717) is 38.8 Å². The molecular formula is C45H55N3O6. The van der Waals surface area contributed by atoms with Crippen LogP contribution in [0.2, 0.25) is 0 Å². The number of fused-ring (bicyclic) bond motifs is 1. The standard InChI is InChI=1S/C45H55N3O6/c1-5-6-23-52-26-27-54-41-14-9-34(10-15-41)35-11-17-43-37(28-35)29-36(19-22-48(43)32-38-30-42(50-3)16-18-44(38)51-4)45(49)46-39-12-7-33(8-13-39)31-47(2)40-20-24-53-25-21-40/h7-18,28-30,40H,5-6,19-27,31-32H2,1-4H3,(H,46,49). The van der Waals surface area contributed by atoms with Gasteiger partial charge in [0.2, 0.25) is 0 Å². The third-order valence-corrected chi connectivity index (χ3v) is 10.3. The van der Waals surface area contributed by atoms with Crippen LogP contribution in [0.3, 0.4) is 0 Å². The van der Waals surface area contributed by atoms with Gasteiger partial charge in [-0.3, -0.25) is 9.69 Å². The Labute approximate surface area is 320 Å². The van der Waals surface area contributed by atoms with E-state index >= 15 is 0 Å². The van der Waals surface area contributed by atoms with Crippen LogP contribution in [-0.2, 0) is 27.4 Å². The molecule has 286 valence electrons. The van der Waals surface area contributed by atoms with Crippen molar-refractivity contribution in [2.75, 3.05) is 71.1 Å². The lowest BCUT2D eigenvalue weighted by Crippen LogP contribution is -2.36. The highest BCUT2D eigenvalue weighted by atomic mass is 16.5. The minimum absolute atomic E-state index is 0.0978. The predicted molar refractivity (Wildman–Crippen MR) is 217 cm³/mol. The van der Waals surface area contributed by atoms with Gasteiger partial charge in [0, 0.05) is 68.0 Å². The Morgan fingerprint density at radius 2 is 1.63 bits per heavy atom. The average Bonchev–Trinajstić information content (AvgIpc) is 3.39. The number of rotatable bonds is 17. The van der Waals surface area contributed by atoms with Crippen molar-refractivity contribution in [3.63, 3.8) is 0 Å². The van der Waals surface area contributed by atoms with Gasteiger partial charge >= 0.3 is 0 Å². The van der Waals surface area contributed by atoms with Gasteiger partial charge in [-0.15, -0.1) is 0 Å². The third kappa shape index (κ3) is 10.4. The first kappa shape index (κ1) is 38.9. The fourth-order valence-corrected chi connectivity index (χ4v) is 7.09. The first-order valence-electron chi connectivity index (χ1n) is 19.2. The maximum atomic E-state index is 13.9. The number of unbranched alkanes of at least 4 members (excludes halogenated alkanes) is 1. The molecule has 54 heavy (non-hydrogen) atoms. The van der Waals surface area contributed by atoms with E-state index in [-0.39, 0.29) is 5.91 Å². The highest BCUT2D eigenvalue weighted by Crippen LogP contribution is 2.36. The molecule has 4 aromatic rings. The molecule has 0 atom stereocenters. The maximum absolute atomic E-state index is 13.9. The Hall–Kier alpha value is -4.83. The second kappa shape index (κ2) is 19.5. The number of carbonyl (C=O) groups is 1. The molecule has 2 aliphatic heterocycles. The maximum Gasteiger partial charge on any atom is 0.251 e. The molecule has 2 aliphatic rings. The number of methoxy groups -OCH3 is 2. The summed E-state index contributed by atoms with van der Waals surface area (Å²) in [5.41, 5.74) is 7.88. The number of hydrogen-bond donors (Lipinski definition) is 1. The molecule has 0 aromatic heterocycles. The molecule has 1 N–H and O–H groups in total. The molecular weight excluding hydrogens is 679 g/mol. The number of hydrogen-bond acceptors (Lipinski definition) is 8. The monoisotopic (exact) mass is 733 g/mol. The third-order valence-electron chi connectivity index (χ3n) is 10.3. The SMILES string of the molecule is CCCCOCCOc1ccc(-c2ccc3c(c2)C=C(C(=O)Nc2ccc(CN(C)C4CCOCC4)cc2)CCN3Cc2cc(OC)ccc2OC)cc1. The number of anilines is 2. The minimum atomic E-state index is -0.0978. The number of nitrogens with zero attached hydrogens (tertiary/aromatic N) is 2. The Morgan fingerprint density at radius 1 is 0.870 bits per heavy atom. The van der Waals surface area contributed by atoms with E-state index in [9.17, 15) is 4.79 Å². The summed E-state index contributed by atoms with van der Waals surface area (Å²) < 4.78 is 28.4. The quantitative estimate of drug-likeness (QED) is 0.108. The highest BCUT2D eigenvalue weighted by Gasteiger charge is 2.23. The van der Waals surface area contributed by atoms with Crippen LogP contribution >= 0.6 is 0 Å². The molecule has 0 bridgehead atoms. The second-order valence-electron chi connectivity index (χ2n) is 14.0. The lowest BCUT2D eigenvalue weighted by atomic mass is 10.00. The Balaban J connectivity index is 1.20. The summed E-state index contributed by atoms with van der Waals surface area (Å²) in [4.78, 5) is 18.6. The fraction of sp³-hybridized carbons (Fsp3) is 0.400. The first-order valence-corrected chi connectivity index (χ1v) is 19.2. The van der Waals surface area contributed by atoms with Crippen molar-refractivity contribution in [1.82, 2.24) is 4.90 Å². The van der Waals surface area contributed by atoms with E-state index in [1.165, 1.54) is 5.56 Å². The number of carbonyl (C=O) groups excluding carboxylic acids is 1. The number of ether oxygens (including phenoxy) is 5. The van der Waals surface area contributed by atoms with Crippen LogP contribution in [0.5, 0.6) is 17.2 Å². The van der Waals surface area contributed by atoms with E-state index in [2.05, 4.69) is 71.6 Å². The van der Waals surface area contributed by atoms with Gasteiger partial charge in [-0.05, 0) is 116 Å². The van der Waals surface area contributed by atoms with E-state index in [0.717, 1.165) is 108 Å². The smallest absolute Gasteiger partial charge is 0.251 e. The summed E-state index contributed by atoms with van der Waals surface area (Å²) in [6.45, 7) is 7.77. The van der Waals surface area contributed by atoms with Gasteiger partial charge in [0.15, 0.2) is 0 Å². The Morgan fingerprint density at radius 3 is 2.37 bits per heavy atom. The predicted octanol–water partition coefficient (Wildman–Crippen LogP) is 8.61. The lowest BCUT2D eigenvalue weighted by molar-refractivity contribution is -0.112. The van der Waals surface area contributed by atoms with Crippen molar-refractivity contribution in [1.29, 1.82) is 0 Å². The minimum Gasteiger partial charge on any atom is -0.497 e. The van der Waals surface area contributed by atoms with Crippen molar-refractivity contribution in [2.45, 2.75) is 58.2 Å². The summed E-state index contributed by atoms with van der Waals surface area (Å²) in [7, 11) is 5.54. The van der Waals surface area contributed by atoms with Gasteiger partial charge in [-0.2, -0.15) is 0 Å². The topological polar surface area (TPSA) is 81.7 Å². The zero-order valence-corrected chi connectivity index (χ0v) is 32.3. The lowest BCUT2D eigenvalue weighted by Gasteiger charge is -2.31. The molecule has 4 aromatic carbocycles. The molecule has 9 nitrogen and oxygen atoms in total.